The molecule has 0 N–H and O–H groups in total. The molecule has 0 radical (unpaired) electrons. The van der Waals surface area contributed by atoms with E-state index in [0.717, 1.165) is 25.2 Å². The summed E-state index contributed by atoms with van der Waals surface area (Å²) in [6, 6.07) is 67.6. The van der Waals surface area contributed by atoms with Crippen molar-refractivity contribution in [1.29, 1.82) is 0 Å². The largest absolute Gasteiger partial charge is 0.0622 e. The molecule has 0 aromatic heterocycles. The van der Waals surface area contributed by atoms with Crippen LogP contribution in [0, 0.1) is 5.41 Å². The molecular weight excluding hydrogens is 554 g/mol. The van der Waals surface area contributed by atoms with Crippen molar-refractivity contribution in [3.05, 3.63) is 193 Å². The molecule has 0 aliphatic rings. The van der Waals surface area contributed by atoms with Crippen LogP contribution >= 0.6 is 15.8 Å². The van der Waals surface area contributed by atoms with E-state index in [1.807, 2.05) is 0 Å². The van der Waals surface area contributed by atoms with Crippen LogP contribution in [0.15, 0.2) is 182 Å². The van der Waals surface area contributed by atoms with Gasteiger partial charge < -0.3 is 0 Å². The summed E-state index contributed by atoms with van der Waals surface area (Å²) in [6.07, 6.45) is 4.33. The molecule has 0 heterocycles. The summed E-state index contributed by atoms with van der Waals surface area (Å²) in [5, 5.41) is 5.83. The second kappa shape index (κ2) is 14.6. The molecule has 6 aromatic rings. The van der Waals surface area contributed by atoms with Crippen molar-refractivity contribution >= 4 is 37.1 Å². The standard InChI is InChI=1S/C41H38P2/c1-7-19-35(20-8-1)31-41(32-36-21-9-2-10-22-36,33-42(37-23-11-3-12-24-37)38-25-13-4-14-26-38)34-43(39-27-15-5-16-28-39)40-29-17-6-18-30-40/h1-30H,31-34H2. The van der Waals surface area contributed by atoms with Crippen molar-refractivity contribution in [1.82, 2.24) is 0 Å². The fraction of sp³-hybridized carbons (Fsp3) is 0.122. The third-order valence-corrected chi connectivity index (χ3v) is 13.8. The van der Waals surface area contributed by atoms with Crippen molar-refractivity contribution in [3.8, 4) is 0 Å². The maximum Gasteiger partial charge on any atom is -0.0126 e. The fourth-order valence-corrected chi connectivity index (χ4v) is 11.8. The van der Waals surface area contributed by atoms with Crippen LogP contribution in [0.25, 0.3) is 0 Å². The highest BCUT2D eigenvalue weighted by atomic mass is 31.1. The van der Waals surface area contributed by atoms with Crippen LogP contribution in [-0.2, 0) is 12.8 Å². The zero-order chi connectivity index (χ0) is 29.2. The second-order valence-corrected chi connectivity index (χ2v) is 15.7. The van der Waals surface area contributed by atoms with E-state index in [2.05, 4.69) is 182 Å². The van der Waals surface area contributed by atoms with Crippen molar-refractivity contribution in [2.75, 3.05) is 12.3 Å². The Morgan fingerprint density at radius 1 is 0.302 bits per heavy atom. The lowest BCUT2D eigenvalue weighted by molar-refractivity contribution is 0.376. The van der Waals surface area contributed by atoms with Gasteiger partial charge in [0.15, 0.2) is 0 Å². The van der Waals surface area contributed by atoms with Gasteiger partial charge in [-0.1, -0.05) is 182 Å². The number of rotatable bonds is 12. The molecule has 0 amide bonds. The molecule has 0 atom stereocenters. The minimum Gasteiger partial charge on any atom is -0.0622 e. The Labute approximate surface area is 260 Å². The normalized spacial score (nSPS) is 11.6. The molecule has 43 heavy (non-hydrogen) atoms. The number of hydrogen-bond acceptors (Lipinski definition) is 0. The van der Waals surface area contributed by atoms with Crippen molar-refractivity contribution in [2.45, 2.75) is 12.8 Å². The van der Waals surface area contributed by atoms with Gasteiger partial charge in [-0.2, -0.15) is 0 Å². The molecular formula is C41H38P2. The summed E-state index contributed by atoms with van der Waals surface area (Å²) in [7, 11) is -1.18. The average Bonchev–Trinajstić information content (AvgIpc) is 3.09. The van der Waals surface area contributed by atoms with Crippen LogP contribution in [0.2, 0.25) is 0 Å². The molecule has 6 aromatic carbocycles. The van der Waals surface area contributed by atoms with Crippen molar-refractivity contribution < 1.29 is 0 Å². The highest BCUT2D eigenvalue weighted by molar-refractivity contribution is 7.74. The summed E-state index contributed by atoms with van der Waals surface area (Å²) in [6.45, 7) is 0. The number of benzene rings is 6. The van der Waals surface area contributed by atoms with E-state index in [-0.39, 0.29) is 5.41 Å². The first-order valence-corrected chi connectivity index (χ1v) is 18.2. The smallest absolute Gasteiger partial charge is 0.0126 e. The Bertz CT molecular complexity index is 1430. The minimum absolute atomic E-state index is 0.0253. The average molecular weight is 593 g/mol. The predicted octanol–water partition coefficient (Wildman–Crippen LogP) is 8.72. The van der Waals surface area contributed by atoms with E-state index >= 15 is 0 Å². The van der Waals surface area contributed by atoms with Crippen LogP contribution in [0.3, 0.4) is 0 Å². The van der Waals surface area contributed by atoms with E-state index in [0.29, 0.717) is 0 Å². The van der Waals surface area contributed by atoms with Crippen molar-refractivity contribution in [3.63, 3.8) is 0 Å². The molecule has 0 bridgehead atoms. The lowest BCUT2D eigenvalue weighted by atomic mass is 9.79. The molecule has 0 nitrogen and oxygen atoms in total. The molecule has 0 fully saturated rings. The first-order chi connectivity index (χ1) is 21.3. The molecule has 0 spiro atoms. The van der Waals surface area contributed by atoms with Gasteiger partial charge in [-0.05, 0) is 78.8 Å². The summed E-state index contributed by atoms with van der Waals surface area (Å²) in [5.74, 6) is 0. The van der Waals surface area contributed by atoms with Gasteiger partial charge in [0.1, 0.15) is 0 Å². The van der Waals surface area contributed by atoms with Gasteiger partial charge in [0.05, 0.1) is 0 Å². The van der Waals surface area contributed by atoms with Gasteiger partial charge in [0.25, 0.3) is 0 Å². The third-order valence-electron chi connectivity index (χ3n) is 8.10. The van der Waals surface area contributed by atoms with Gasteiger partial charge in [0.2, 0.25) is 0 Å². The molecule has 0 saturated carbocycles. The molecule has 0 aliphatic carbocycles. The monoisotopic (exact) mass is 592 g/mol. The van der Waals surface area contributed by atoms with Crippen LogP contribution < -0.4 is 21.2 Å². The summed E-state index contributed by atoms with van der Waals surface area (Å²) in [4.78, 5) is 0. The Hall–Kier alpha value is -3.82. The Morgan fingerprint density at radius 3 is 0.791 bits per heavy atom. The molecule has 6 rings (SSSR count). The van der Waals surface area contributed by atoms with Crippen LogP contribution in [-0.4, -0.2) is 12.3 Å². The number of hydrogen-bond donors (Lipinski definition) is 0. The summed E-state index contributed by atoms with van der Waals surface area (Å²) in [5.41, 5.74) is 2.87. The zero-order valence-electron chi connectivity index (χ0n) is 24.5. The predicted molar refractivity (Wildman–Crippen MR) is 191 cm³/mol. The summed E-state index contributed by atoms with van der Waals surface area (Å²) < 4.78 is 0. The Morgan fingerprint density at radius 2 is 0.535 bits per heavy atom. The highest BCUT2D eigenvalue weighted by Crippen LogP contribution is 2.50. The van der Waals surface area contributed by atoms with Crippen LogP contribution in [0.1, 0.15) is 11.1 Å². The Kier molecular flexibility index (Phi) is 9.92. The van der Waals surface area contributed by atoms with E-state index in [1.165, 1.54) is 32.3 Å². The lowest BCUT2D eigenvalue weighted by Crippen LogP contribution is -2.38. The van der Waals surface area contributed by atoms with Gasteiger partial charge in [-0.25, -0.2) is 0 Å². The molecule has 2 heteroatoms. The first kappa shape index (κ1) is 29.3. The molecule has 0 aliphatic heterocycles. The van der Waals surface area contributed by atoms with Gasteiger partial charge in [0, 0.05) is 0 Å². The van der Waals surface area contributed by atoms with E-state index in [9.17, 15) is 0 Å². The third kappa shape index (κ3) is 7.77. The van der Waals surface area contributed by atoms with Crippen molar-refractivity contribution in [2.24, 2.45) is 5.41 Å². The highest BCUT2D eigenvalue weighted by Gasteiger charge is 2.38. The minimum atomic E-state index is -0.589. The summed E-state index contributed by atoms with van der Waals surface area (Å²) >= 11 is 0. The topological polar surface area (TPSA) is 0 Å². The van der Waals surface area contributed by atoms with E-state index < -0.39 is 15.8 Å². The van der Waals surface area contributed by atoms with Crippen LogP contribution in [0.5, 0.6) is 0 Å². The molecule has 0 saturated heterocycles. The maximum absolute atomic E-state index is 2.35. The first-order valence-electron chi connectivity index (χ1n) is 15.1. The fourth-order valence-electron chi connectivity index (χ4n) is 6.16. The van der Waals surface area contributed by atoms with Crippen LogP contribution in [0.4, 0.5) is 0 Å². The van der Waals surface area contributed by atoms with Gasteiger partial charge in [-0.15, -0.1) is 0 Å². The van der Waals surface area contributed by atoms with E-state index in [1.54, 1.807) is 0 Å². The van der Waals surface area contributed by atoms with Gasteiger partial charge in [-0.3, -0.25) is 0 Å². The van der Waals surface area contributed by atoms with Gasteiger partial charge >= 0.3 is 0 Å². The quantitative estimate of drug-likeness (QED) is 0.125. The Balaban J connectivity index is 1.53. The SMILES string of the molecule is c1ccc(CC(Cc2ccccc2)(CP(c2ccccc2)c2ccccc2)CP(c2ccccc2)c2ccccc2)cc1. The maximum atomic E-state index is 2.35. The second-order valence-electron chi connectivity index (χ2n) is 11.3. The zero-order valence-corrected chi connectivity index (χ0v) is 26.3. The molecule has 212 valence electrons. The molecule has 0 unspecified atom stereocenters. The van der Waals surface area contributed by atoms with E-state index in [4.69, 9.17) is 0 Å². The lowest BCUT2D eigenvalue weighted by Gasteiger charge is -2.41.